The molecule has 2 atom stereocenters. The molecule has 6 heteroatoms. The van der Waals surface area contributed by atoms with Crippen LogP contribution in [-0.2, 0) is 19.1 Å². The number of amides is 1. The Kier molecular flexibility index (Phi) is 6.41. The van der Waals surface area contributed by atoms with Gasteiger partial charge in [-0.25, -0.2) is 4.79 Å². The summed E-state index contributed by atoms with van der Waals surface area (Å²) < 4.78 is 11.3. The predicted octanol–water partition coefficient (Wildman–Crippen LogP) is 2.21. The monoisotopic (exact) mass is 327 g/mol. The minimum Gasteiger partial charge on any atom is -0.479 e. The summed E-state index contributed by atoms with van der Waals surface area (Å²) in [5.74, 6) is -1.17. The van der Waals surface area contributed by atoms with E-state index in [0.29, 0.717) is 19.4 Å². The summed E-state index contributed by atoms with van der Waals surface area (Å²) in [6.07, 6.45) is 6.30. The molecule has 1 saturated carbocycles. The predicted molar refractivity (Wildman–Crippen MR) is 85.2 cm³/mol. The third-order valence-electron chi connectivity index (χ3n) is 5.21. The van der Waals surface area contributed by atoms with Crippen molar-refractivity contribution < 1.29 is 24.2 Å². The van der Waals surface area contributed by atoms with Gasteiger partial charge in [-0.3, -0.25) is 4.79 Å². The lowest BCUT2D eigenvalue weighted by molar-refractivity contribution is -0.166. The summed E-state index contributed by atoms with van der Waals surface area (Å²) >= 11 is 0. The molecule has 6 nitrogen and oxygen atoms in total. The van der Waals surface area contributed by atoms with Gasteiger partial charge in [-0.2, -0.15) is 0 Å². The van der Waals surface area contributed by atoms with Crippen molar-refractivity contribution in [1.29, 1.82) is 0 Å². The van der Waals surface area contributed by atoms with Crippen LogP contribution < -0.4 is 0 Å². The fourth-order valence-electron chi connectivity index (χ4n) is 3.57. The maximum Gasteiger partial charge on any atom is 0.329 e. The number of carboxylic acids is 1. The van der Waals surface area contributed by atoms with Crippen LogP contribution >= 0.6 is 0 Å². The Morgan fingerprint density at radius 1 is 1.26 bits per heavy atom. The molecule has 1 N–H and O–H groups in total. The van der Waals surface area contributed by atoms with Crippen LogP contribution in [0.4, 0.5) is 0 Å². The van der Waals surface area contributed by atoms with Crippen molar-refractivity contribution in [2.75, 3.05) is 20.3 Å². The van der Waals surface area contributed by atoms with E-state index in [1.54, 1.807) is 14.0 Å². The molecule has 1 aliphatic carbocycles. The minimum atomic E-state index is -1.08. The number of aliphatic carboxylic acids is 1. The Morgan fingerprint density at radius 2 is 1.96 bits per heavy atom. The molecule has 0 spiro atoms. The molecule has 1 heterocycles. The summed E-state index contributed by atoms with van der Waals surface area (Å²) in [6.45, 7) is 2.83. The van der Waals surface area contributed by atoms with E-state index in [4.69, 9.17) is 9.47 Å². The van der Waals surface area contributed by atoms with Crippen LogP contribution in [0.15, 0.2) is 0 Å². The molecule has 2 rings (SSSR count). The molecule has 0 aromatic rings. The van der Waals surface area contributed by atoms with Crippen molar-refractivity contribution in [3.63, 3.8) is 0 Å². The zero-order valence-corrected chi connectivity index (χ0v) is 14.3. The molecule has 2 aliphatic rings. The smallest absolute Gasteiger partial charge is 0.329 e. The van der Waals surface area contributed by atoms with Crippen molar-refractivity contribution >= 4 is 11.9 Å². The number of carbonyl (C=O) groups is 2. The summed E-state index contributed by atoms with van der Waals surface area (Å²) in [4.78, 5) is 25.8. The molecule has 1 saturated heterocycles. The number of nitrogens with zero attached hydrogens (tertiary/aromatic N) is 1. The molecule has 23 heavy (non-hydrogen) atoms. The number of likely N-dealkylation sites (N-methyl/N-ethyl adjacent to an activating group) is 1. The van der Waals surface area contributed by atoms with Crippen LogP contribution in [0, 0.1) is 0 Å². The van der Waals surface area contributed by atoms with Crippen molar-refractivity contribution in [2.24, 2.45) is 0 Å². The van der Waals surface area contributed by atoms with Gasteiger partial charge in [0.1, 0.15) is 11.6 Å². The lowest BCUT2D eigenvalue weighted by Crippen LogP contribution is -2.58. The van der Waals surface area contributed by atoms with Gasteiger partial charge in [-0.15, -0.1) is 0 Å². The van der Waals surface area contributed by atoms with E-state index in [-0.39, 0.29) is 12.0 Å². The Balaban J connectivity index is 1.92. The van der Waals surface area contributed by atoms with Crippen molar-refractivity contribution in [2.45, 2.75) is 76.0 Å². The Bertz CT molecular complexity index is 413. The Hall–Kier alpha value is -1.14. The Morgan fingerprint density at radius 3 is 2.52 bits per heavy atom. The van der Waals surface area contributed by atoms with Gasteiger partial charge in [0.15, 0.2) is 0 Å². The van der Waals surface area contributed by atoms with Crippen molar-refractivity contribution in [3.8, 4) is 0 Å². The number of hydrogen-bond donors (Lipinski definition) is 1. The molecule has 2 fully saturated rings. The SMILES string of the molecule is CC(OCC1CCCCO1)C(=O)N(C)C1(C(=O)O)CCCCC1. The average Bonchev–Trinajstić information content (AvgIpc) is 2.59. The number of carboxylic acid groups (broad SMARTS) is 1. The molecule has 132 valence electrons. The van der Waals surface area contributed by atoms with E-state index in [1.165, 1.54) is 4.90 Å². The molecule has 0 radical (unpaired) electrons. The summed E-state index contributed by atoms with van der Waals surface area (Å²) in [7, 11) is 1.60. The number of ether oxygens (including phenoxy) is 2. The van der Waals surface area contributed by atoms with E-state index >= 15 is 0 Å². The van der Waals surface area contributed by atoms with Crippen LogP contribution in [0.2, 0.25) is 0 Å². The molecule has 2 unspecified atom stereocenters. The van der Waals surface area contributed by atoms with Crippen molar-refractivity contribution in [1.82, 2.24) is 4.90 Å². The second-order valence-electron chi connectivity index (χ2n) is 6.76. The lowest BCUT2D eigenvalue weighted by atomic mass is 9.80. The average molecular weight is 327 g/mol. The Labute approximate surface area is 138 Å². The first-order valence-electron chi connectivity index (χ1n) is 8.71. The van der Waals surface area contributed by atoms with Gasteiger partial charge in [0.25, 0.3) is 5.91 Å². The van der Waals surface area contributed by atoms with E-state index in [2.05, 4.69) is 0 Å². The fraction of sp³-hybridized carbons (Fsp3) is 0.882. The van der Waals surface area contributed by atoms with Gasteiger partial charge in [-0.05, 0) is 39.0 Å². The highest BCUT2D eigenvalue weighted by Crippen LogP contribution is 2.33. The number of rotatable bonds is 6. The zero-order valence-electron chi connectivity index (χ0n) is 14.3. The lowest BCUT2D eigenvalue weighted by Gasteiger charge is -2.42. The van der Waals surface area contributed by atoms with Crippen LogP contribution in [0.5, 0.6) is 0 Å². The fourth-order valence-corrected chi connectivity index (χ4v) is 3.57. The van der Waals surface area contributed by atoms with Gasteiger partial charge in [0.2, 0.25) is 0 Å². The second-order valence-corrected chi connectivity index (χ2v) is 6.76. The maximum absolute atomic E-state index is 12.6. The highest BCUT2D eigenvalue weighted by atomic mass is 16.5. The summed E-state index contributed by atoms with van der Waals surface area (Å²) in [6, 6.07) is 0. The van der Waals surface area contributed by atoms with Gasteiger partial charge in [0, 0.05) is 13.7 Å². The topological polar surface area (TPSA) is 76.1 Å². The van der Waals surface area contributed by atoms with Crippen LogP contribution in [0.3, 0.4) is 0 Å². The van der Waals surface area contributed by atoms with E-state index in [1.807, 2.05) is 0 Å². The standard InChI is InChI=1S/C17H29NO5/c1-13(23-12-14-8-4-7-11-22-14)15(19)18(2)17(16(20)21)9-5-3-6-10-17/h13-14H,3-12H2,1-2H3,(H,20,21). The number of carbonyl (C=O) groups excluding carboxylic acids is 1. The maximum atomic E-state index is 12.6. The molecule has 0 bridgehead atoms. The molecule has 0 aromatic heterocycles. The second kappa shape index (κ2) is 8.11. The highest BCUT2D eigenvalue weighted by Gasteiger charge is 2.46. The third-order valence-corrected chi connectivity index (χ3v) is 5.21. The van der Waals surface area contributed by atoms with Crippen LogP contribution in [0.1, 0.15) is 58.3 Å². The van der Waals surface area contributed by atoms with Crippen molar-refractivity contribution in [3.05, 3.63) is 0 Å². The molecule has 1 aliphatic heterocycles. The highest BCUT2D eigenvalue weighted by molar-refractivity contribution is 5.89. The van der Waals surface area contributed by atoms with Gasteiger partial charge in [0.05, 0.1) is 12.7 Å². The zero-order chi connectivity index (χ0) is 16.9. The first kappa shape index (κ1) is 18.2. The normalized spacial score (nSPS) is 25.6. The van der Waals surface area contributed by atoms with Gasteiger partial charge < -0.3 is 19.5 Å². The van der Waals surface area contributed by atoms with Crippen LogP contribution in [0.25, 0.3) is 0 Å². The van der Waals surface area contributed by atoms with Gasteiger partial charge >= 0.3 is 5.97 Å². The summed E-state index contributed by atoms with van der Waals surface area (Å²) in [5, 5.41) is 9.67. The third kappa shape index (κ3) is 4.23. The first-order chi connectivity index (χ1) is 11.0. The van der Waals surface area contributed by atoms with E-state index < -0.39 is 17.6 Å². The van der Waals surface area contributed by atoms with E-state index in [9.17, 15) is 14.7 Å². The number of hydrogen-bond acceptors (Lipinski definition) is 4. The molecular formula is C17H29NO5. The quantitative estimate of drug-likeness (QED) is 0.809. The molecule has 1 amide bonds. The molecule has 0 aromatic carbocycles. The van der Waals surface area contributed by atoms with E-state index in [0.717, 1.165) is 45.1 Å². The largest absolute Gasteiger partial charge is 0.479 e. The summed E-state index contributed by atoms with van der Waals surface area (Å²) in [5.41, 5.74) is -1.08. The molecular weight excluding hydrogens is 298 g/mol. The van der Waals surface area contributed by atoms with Crippen LogP contribution in [-0.4, -0.2) is 59.9 Å². The van der Waals surface area contributed by atoms with Gasteiger partial charge in [-0.1, -0.05) is 19.3 Å². The first-order valence-corrected chi connectivity index (χ1v) is 8.71. The minimum absolute atomic E-state index is 0.0485.